The van der Waals surface area contributed by atoms with Gasteiger partial charge in [-0.15, -0.1) is 5.10 Å². The Balaban J connectivity index is 1.27. The van der Waals surface area contributed by atoms with Crippen molar-refractivity contribution in [3.63, 3.8) is 0 Å². The highest BCUT2D eigenvalue weighted by atomic mass is 16.5. The Hall–Kier alpha value is -4.21. The second kappa shape index (κ2) is 9.34. The summed E-state index contributed by atoms with van der Waals surface area (Å²) < 4.78 is 6.86. The Morgan fingerprint density at radius 3 is 2.29 bits per heavy atom. The van der Waals surface area contributed by atoms with Gasteiger partial charge in [-0.3, -0.25) is 4.79 Å². The van der Waals surface area contributed by atoms with Crippen molar-refractivity contribution >= 4 is 18.0 Å². The Morgan fingerprint density at radius 1 is 1.06 bits per heavy atom. The van der Waals surface area contributed by atoms with Gasteiger partial charge < -0.3 is 20.5 Å². The van der Waals surface area contributed by atoms with E-state index in [1.165, 1.54) is 24.7 Å². The lowest BCUT2D eigenvalue weighted by molar-refractivity contribution is -0.143. The van der Waals surface area contributed by atoms with Crippen molar-refractivity contribution in [2.75, 3.05) is 13.2 Å². The average molecular weight is 463 g/mol. The number of carboxylic acid groups (broad SMARTS) is 1. The molecular weight excluding hydrogens is 438 g/mol. The molecule has 34 heavy (non-hydrogen) atoms. The van der Waals surface area contributed by atoms with Crippen LogP contribution in [0.2, 0.25) is 0 Å². The monoisotopic (exact) mass is 463 g/mol. The normalized spacial score (nSPS) is 12.5. The van der Waals surface area contributed by atoms with Crippen LogP contribution in [-0.2, 0) is 16.1 Å². The van der Waals surface area contributed by atoms with Crippen molar-refractivity contribution in [3.05, 3.63) is 71.5 Å². The largest absolute Gasteiger partial charge is 0.480 e. The van der Waals surface area contributed by atoms with Gasteiger partial charge in [-0.2, -0.15) is 0 Å². The molecule has 1 aliphatic carbocycles. The van der Waals surface area contributed by atoms with Gasteiger partial charge in [-0.1, -0.05) is 53.7 Å². The van der Waals surface area contributed by atoms with Crippen molar-refractivity contribution in [2.45, 2.75) is 31.8 Å². The Labute approximate surface area is 195 Å². The summed E-state index contributed by atoms with van der Waals surface area (Å²) in [7, 11) is 0. The number of aromatic nitrogens is 3. The molecule has 0 unspecified atom stereocenters. The zero-order valence-corrected chi connectivity index (χ0v) is 18.8. The van der Waals surface area contributed by atoms with Crippen molar-refractivity contribution in [1.82, 2.24) is 25.6 Å². The second-order valence-corrected chi connectivity index (χ2v) is 8.50. The molecule has 3 N–H and O–H groups in total. The maximum absolute atomic E-state index is 12.2. The summed E-state index contributed by atoms with van der Waals surface area (Å²) in [6, 6.07) is 16.2. The maximum atomic E-state index is 12.2. The number of aliphatic carboxylic acids is 1. The molecular formula is C24H25N5O5. The fourth-order valence-electron chi connectivity index (χ4n) is 3.84. The van der Waals surface area contributed by atoms with Crippen LogP contribution in [0.1, 0.15) is 41.4 Å². The molecule has 2 amide bonds. The molecule has 10 heteroatoms. The highest BCUT2D eigenvalue weighted by Gasteiger charge is 2.30. The minimum atomic E-state index is -1.44. The molecule has 0 saturated carbocycles. The topological polar surface area (TPSA) is 135 Å². The van der Waals surface area contributed by atoms with E-state index >= 15 is 0 Å². The van der Waals surface area contributed by atoms with Crippen molar-refractivity contribution in [2.24, 2.45) is 0 Å². The minimum Gasteiger partial charge on any atom is -0.480 e. The highest BCUT2D eigenvalue weighted by molar-refractivity contribution is 5.95. The second-order valence-electron chi connectivity index (χ2n) is 8.50. The minimum absolute atomic E-state index is 0.0181. The van der Waals surface area contributed by atoms with Crippen LogP contribution in [0.15, 0.2) is 54.7 Å². The number of carbonyl (C=O) groups excluding carboxylic acids is 2. The van der Waals surface area contributed by atoms with Crippen LogP contribution in [0.25, 0.3) is 11.1 Å². The lowest BCUT2D eigenvalue weighted by Gasteiger charge is -2.19. The lowest BCUT2D eigenvalue weighted by Crippen LogP contribution is -2.49. The Bertz CT molecular complexity index is 1190. The van der Waals surface area contributed by atoms with E-state index in [0.717, 1.165) is 22.3 Å². The van der Waals surface area contributed by atoms with E-state index in [9.17, 15) is 14.4 Å². The molecule has 0 radical (unpaired) electrons. The van der Waals surface area contributed by atoms with Crippen LogP contribution < -0.4 is 10.6 Å². The molecule has 10 nitrogen and oxygen atoms in total. The molecule has 1 aromatic heterocycles. The molecule has 2 aromatic carbocycles. The zero-order chi connectivity index (χ0) is 24.3. The molecule has 176 valence electrons. The van der Waals surface area contributed by atoms with Crippen molar-refractivity contribution < 1.29 is 24.2 Å². The number of ether oxygens (including phenoxy) is 1. The van der Waals surface area contributed by atoms with Gasteiger partial charge in [0.15, 0.2) is 5.69 Å². The average Bonchev–Trinajstić information content (AvgIpc) is 3.40. The molecule has 0 aliphatic heterocycles. The van der Waals surface area contributed by atoms with E-state index in [1.54, 1.807) is 0 Å². The number of nitrogens with zero attached hydrogens (tertiary/aromatic N) is 3. The Kier molecular flexibility index (Phi) is 6.31. The van der Waals surface area contributed by atoms with Crippen LogP contribution in [0.5, 0.6) is 0 Å². The number of hydrogen-bond acceptors (Lipinski definition) is 6. The van der Waals surface area contributed by atoms with Crippen LogP contribution in [0.4, 0.5) is 4.79 Å². The number of fused-ring (bicyclic) bond motifs is 3. The SMILES string of the molecule is CC(C)(NC(=O)c1cn(CCNC(=O)OCC2c3ccccc3-c3ccccc32)nn1)C(=O)O. The molecule has 0 saturated heterocycles. The summed E-state index contributed by atoms with van der Waals surface area (Å²) in [6.07, 6.45) is 0.829. The number of carbonyl (C=O) groups is 3. The summed E-state index contributed by atoms with van der Waals surface area (Å²) >= 11 is 0. The first-order valence-corrected chi connectivity index (χ1v) is 10.8. The van der Waals surface area contributed by atoms with Gasteiger partial charge in [0.05, 0.1) is 12.7 Å². The first-order valence-electron chi connectivity index (χ1n) is 10.8. The third-order valence-corrected chi connectivity index (χ3v) is 5.69. The van der Waals surface area contributed by atoms with E-state index in [0.29, 0.717) is 0 Å². The molecule has 0 atom stereocenters. The van der Waals surface area contributed by atoms with Crippen LogP contribution in [0.3, 0.4) is 0 Å². The molecule has 0 fully saturated rings. The molecule has 3 aromatic rings. The molecule has 1 aliphatic rings. The smallest absolute Gasteiger partial charge is 0.407 e. The van der Waals surface area contributed by atoms with E-state index in [2.05, 4.69) is 45.2 Å². The lowest BCUT2D eigenvalue weighted by atomic mass is 9.98. The van der Waals surface area contributed by atoms with Gasteiger partial charge in [0.2, 0.25) is 0 Å². The predicted molar refractivity (Wildman–Crippen MR) is 122 cm³/mol. The number of rotatable bonds is 8. The van der Waals surface area contributed by atoms with E-state index in [-0.39, 0.29) is 31.3 Å². The van der Waals surface area contributed by atoms with Gasteiger partial charge in [0, 0.05) is 12.5 Å². The third-order valence-electron chi connectivity index (χ3n) is 5.69. The first-order chi connectivity index (χ1) is 16.3. The van der Waals surface area contributed by atoms with Crippen LogP contribution in [0, 0.1) is 0 Å². The summed E-state index contributed by atoms with van der Waals surface area (Å²) in [5, 5.41) is 21.7. The quantitative estimate of drug-likeness (QED) is 0.467. The molecule has 0 bridgehead atoms. The number of nitrogens with one attached hydrogen (secondary N) is 2. The first kappa shape index (κ1) is 23.0. The van der Waals surface area contributed by atoms with Crippen LogP contribution >= 0.6 is 0 Å². The molecule has 4 rings (SSSR count). The zero-order valence-electron chi connectivity index (χ0n) is 18.8. The molecule has 0 spiro atoms. The Morgan fingerprint density at radius 2 is 1.68 bits per heavy atom. The van der Waals surface area contributed by atoms with Crippen molar-refractivity contribution in [3.8, 4) is 11.1 Å². The number of carboxylic acids is 1. The van der Waals surface area contributed by atoms with E-state index < -0.39 is 23.5 Å². The van der Waals surface area contributed by atoms with Gasteiger partial charge in [0.25, 0.3) is 5.91 Å². The van der Waals surface area contributed by atoms with Gasteiger partial charge in [-0.05, 0) is 36.1 Å². The van der Waals surface area contributed by atoms with Crippen LogP contribution in [-0.4, -0.2) is 56.8 Å². The number of amides is 2. The summed E-state index contributed by atoms with van der Waals surface area (Å²) in [5.74, 6) is -1.84. The predicted octanol–water partition coefficient (Wildman–Crippen LogP) is 2.41. The fourth-order valence-corrected chi connectivity index (χ4v) is 3.84. The standard InChI is InChI=1S/C24H25N5O5/c1-24(2,22(31)32)26-21(30)20-13-29(28-27-20)12-11-25-23(33)34-14-19-17-9-5-3-7-15(17)16-8-4-6-10-18(16)19/h3-10,13,19H,11-12,14H2,1-2H3,(H,25,33)(H,26,30)(H,31,32). The summed E-state index contributed by atoms with van der Waals surface area (Å²) in [6.45, 7) is 3.42. The fraction of sp³-hybridized carbons (Fsp3) is 0.292. The number of benzene rings is 2. The third kappa shape index (κ3) is 4.75. The summed E-state index contributed by atoms with van der Waals surface area (Å²) in [5.41, 5.74) is 3.13. The number of alkyl carbamates (subject to hydrolysis) is 1. The molecule has 1 heterocycles. The number of hydrogen-bond donors (Lipinski definition) is 3. The van der Waals surface area contributed by atoms with Gasteiger partial charge in [-0.25, -0.2) is 14.3 Å². The van der Waals surface area contributed by atoms with Gasteiger partial charge in [0.1, 0.15) is 12.1 Å². The summed E-state index contributed by atoms with van der Waals surface area (Å²) in [4.78, 5) is 35.6. The van der Waals surface area contributed by atoms with E-state index in [1.807, 2.05) is 24.3 Å². The van der Waals surface area contributed by atoms with Crippen molar-refractivity contribution in [1.29, 1.82) is 0 Å². The van der Waals surface area contributed by atoms with E-state index in [4.69, 9.17) is 9.84 Å². The van der Waals surface area contributed by atoms with Gasteiger partial charge >= 0.3 is 12.1 Å². The highest BCUT2D eigenvalue weighted by Crippen LogP contribution is 2.44. The maximum Gasteiger partial charge on any atom is 0.407 e.